The first-order chi connectivity index (χ1) is 15.8. The highest BCUT2D eigenvalue weighted by atomic mass is 32.2. The zero-order valence-electron chi connectivity index (χ0n) is 18.4. The lowest BCUT2D eigenvalue weighted by Crippen LogP contribution is -3.13. The minimum absolute atomic E-state index is 0.0238. The number of nitrogens with zero attached hydrogens (tertiary/aromatic N) is 1. The molecule has 1 amide bonds. The van der Waals surface area contributed by atoms with E-state index < -0.39 is 15.8 Å². The molecule has 172 valence electrons. The second kappa shape index (κ2) is 9.72. The molecule has 33 heavy (non-hydrogen) atoms. The molecule has 0 aliphatic carbocycles. The van der Waals surface area contributed by atoms with Crippen LogP contribution in [-0.2, 0) is 16.6 Å². The number of benzene rings is 3. The van der Waals surface area contributed by atoms with Crippen LogP contribution in [0.4, 0.5) is 10.1 Å². The van der Waals surface area contributed by atoms with Gasteiger partial charge >= 0.3 is 0 Å². The van der Waals surface area contributed by atoms with E-state index in [0.717, 1.165) is 25.7 Å². The molecule has 2 N–H and O–H groups in total. The number of quaternary nitrogens is 1. The molecular weight excluding hydrogens is 441 g/mol. The highest BCUT2D eigenvalue weighted by Gasteiger charge is 2.27. The lowest BCUT2D eigenvalue weighted by atomic mass is 10.1. The molecule has 1 fully saturated rings. The van der Waals surface area contributed by atoms with E-state index in [-0.39, 0.29) is 16.5 Å². The first-order valence-corrected chi connectivity index (χ1v) is 12.4. The Balaban J connectivity index is 1.46. The fourth-order valence-electron chi connectivity index (χ4n) is 4.13. The number of hydrogen-bond acceptors (Lipinski definition) is 3. The third-order valence-corrected chi connectivity index (χ3v) is 7.41. The van der Waals surface area contributed by atoms with Gasteiger partial charge < -0.3 is 9.80 Å². The molecule has 1 aliphatic heterocycles. The van der Waals surface area contributed by atoms with Crippen LogP contribution in [0.3, 0.4) is 0 Å². The number of anilines is 1. The summed E-state index contributed by atoms with van der Waals surface area (Å²) in [4.78, 5) is 16.4. The van der Waals surface area contributed by atoms with Crippen LogP contribution >= 0.6 is 0 Å². The van der Waals surface area contributed by atoms with Gasteiger partial charge in [-0.3, -0.25) is 9.52 Å². The van der Waals surface area contributed by atoms with Crippen LogP contribution in [0, 0.1) is 12.7 Å². The quantitative estimate of drug-likeness (QED) is 0.584. The van der Waals surface area contributed by atoms with E-state index in [1.165, 1.54) is 29.5 Å². The summed E-state index contributed by atoms with van der Waals surface area (Å²) in [5.41, 5.74) is 2.07. The Morgan fingerprint density at radius 2 is 1.67 bits per heavy atom. The minimum Gasteiger partial charge on any atom is -0.328 e. The van der Waals surface area contributed by atoms with E-state index in [2.05, 4.69) is 16.9 Å². The number of hydrogen-bond donors (Lipinski definition) is 2. The Labute approximate surface area is 193 Å². The van der Waals surface area contributed by atoms with Crippen molar-refractivity contribution in [2.75, 3.05) is 30.9 Å². The van der Waals surface area contributed by atoms with Crippen LogP contribution in [0.15, 0.2) is 77.7 Å². The van der Waals surface area contributed by atoms with Gasteiger partial charge in [0.2, 0.25) is 0 Å². The summed E-state index contributed by atoms with van der Waals surface area (Å²) in [5.74, 6) is -0.710. The van der Waals surface area contributed by atoms with Crippen molar-refractivity contribution < 1.29 is 22.5 Å². The molecule has 3 aromatic carbocycles. The topological polar surface area (TPSA) is 70.9 Å². The van der Waals surface area contributed by atoms with Crippen LogP contribution in [0.5, 0.6) is 0 Å². The van der Waals surface area contributed by atoms with Gasteiger partial charge in [-0.2, -0.15) is 0 Å². The minimum atomic E-state index is -3.98. The van der Waals surface area contributed by atoms with Crippen molar-refractivity contribution in [3.05, 3.63) is 95.3 Å². The number of para-hydroxylation sites is 1. The summed E-state index contributed by atoms with van der Waals surface area (Å²) >= 11 is 0. The van der Waals surface area contributed by atoms with Crippen LogP contribution in [-0.4, -0.2) is 45.4 Å². The number of amides is 1. The van der Waals surface area contributed by atoms with Crippen molar-refractivity contribution in [2.45, 2.75) is 18.4 Å². The van der Waals surface area contributed by atoms with Gasteiger partial charge in [-0.25, -0.2) is 12.8 Å². The van der Waals surface area contributed by atoms with E-state index in [0.29, 0.717) is 24.2 Å². The number of piperazine rings is 1. The van der Waals surface area contributed by atoms with Crippen LogP contribution in [0.25, 0.3) is 0 Å². The summed E-state index contributed by atoms with van der Waals surface area (Å²) in [6.07, 6.45) is 0. The average molecular weight is 469 g/mol. The Hall–Kier alpha value is -3.23. The van der Waals surface area contributed by atoms with Gasteiger partial charge in [-0.05, 0) is 42.8 Å². The van der Waals surface area contributed by atoms with Crippen molar-refractivity contribution in [3.63, 3.8) is 0 Å². The Kier molecular flexibility index (Phi) is 6.76. The molecule has 8 heteroatoms. The van der Waals surface area contributed by atoms with Gasteiger partial charge in [-0.15, -0.1) is 0 Å². The maximum Gasteiger partial charge on any atom is 0.262 e. The molecule has 0 bridgehead atoms. The van der Waals surface area contributed by atoms with Crippen LogP contribution in [0.1, 0.15) is 21.5 Å². The fraction of sp³-hybridized carbons (Fsp3) is 0.240. The SMILES string of the molecule is Cc1cc(F)ccc1S(=O)(=O)Nc1ccccc1C(=O)N1CC[NH+](Cc2ccccc2)CC1. The summed E-state index contributed by atoms with van der Waals surface area (Å²) in [5, 5.41) is 0. The second-order valence-corrected chi connectivity index (χ2v) is 9.92. The molecular formula is C25H27FN3O3S+. The van der Waals surface area contributed by atoms with Crippen LogP contribution < -0.4 is 9.62 Å². The normalized spacial score (nSPS) is 14.8. The summed E-state index contributed by atoms with van der Waals surface area (Å²) in [7, 11) is -3.98. The van der Waals surface area contributed by atoms with Gasteiger partial charge in [0.15, 0.2) is 0 Å². The molecule has 0 radical (unpaired) electrons. The van der Waals surface area contributed by atoms with Gasteiger partial charge in [0.25, 0.3) is 15.9 Å². The van der Waals surface area contributed by atoms with Crippen molar-refractivity contribution in [2.24, 2.45) is 0 Å². The number of sulfonamides is 1. The maximum atomic E-state index is 13.4. The summed E-state index contributed by atoms with van der Waals surface area (Å²) in [6, 6.07) is 20.4. The van der Waals surface area contributed by atoms with Crippen molar-refractivity contribution >= 4 is 21.6 Å². The molecule has 0 unspecified atom stereocenters. The molecule has 1 heterocycles. The molecule has 0 aromatic heterocycles. The Morgan fingerprint density at radius 3 is 2.36 bits per heavy atom. The van der Waals surface area contributed by atoms with E-state index in [4.69, 9.17) is 0 Å². The molecule has 0 spiro atoms. The molecule has 0 atom stereocenters. The Morgan fingerprint density at radius 1 is 1.00 bits per heavy atom. The highest BCUT2D eigenvalue weighted by molar-refractivity contribution is 7.92. The molecule has 3 aromatic rings. The van der Waals surface area contributed by atoms with Crippen molar-refractivity contribution in [3.8, 4) is 0 Å². The van der Waals surface area contributed by atoms with E-state index in [9.17, 15) is 17.6 Å². The molecule has 4 rings (SSSR count). The number of halogens is 1. The average Bonchev–Trinajstić information content (AvgIpc) is 2.80. The number of carbonyl (C=O) groups is 1. The van der Waals surface area contributed by atoms with E-state index in [1.54, 1.807) is 29.2 Å². The zero-order valence-corrected chi connectivity index (χ0v) is 19.2. The van der Waals surface area contributed by atoms with E-state index in [1.807, 2.05) is 18.2 Å². The first kappa shape index (κ1) is 22.9. The monoisotopic (exact) mass is 468 g/mol. The second-order valence-electron chi connectivity index (χ2n) is 8.27. The molecule has 0 saturated carbocycles. The standard InChI is InChI=1S/C25H26FN3O3S/c1-19-17-21(26)11-12-24(19)33(31,32)27-23-10-6-5-9-22(23)25(30)29-15-13-28(14-16-29)18-20-7-3-2-4-8-20/h2-12,17,27H,13-16,18H2,1H3/p+1. The lowest BCUT2D eigenvalue weighted by molar-refractivity contribution is -0.917. The van der Waals surface area contributed by atoms with Crippen LogP contribution in [0.2, 0.25) is 0 Å². The van der Waals surface area contributed by atoms with Gasteiger partial charge in [0.05, 0.1) is 42.3 Å². The number of carbonyl (C=O) groups excluding carboxylic acids is 1. The van der Waals surface area contributed by atoms with Gasteiger partial charge in [0, 0.05) is 5.56 Å². The third kappa shape index (κ3) is 5.40. The molecule has 6 nitrogen and oxygen atoms in total. The maximum absolute atomic E-state index is 13.4. The number of aryl methyl sites for hydroxylation is 1. The predicted octanol–water partition coefficient (Wildman–Crippen LogP) is 2.48. The lowest BCUT2D eigenvalue weighted by Gasteiger charge is -2.32. The van der Waals surface area contributed by atoms with Crippen molar-refractivity contribution in [1.82, 2.24) is 4.90 Å². The predicted molar refractivity (Wildman–Crippen MR) is 125 cm³/mol. The first-order valence-electron chi connectivity index (χ1n) is 10.9. The molecule has 1 saturated heterocycles. The summed E-state index contributed by atoms with van der Waals surface area (Å²) < 4.78 is 41.8. The third-order valence-electron chi connectivity index (χ3n) is 5.88. The fourth-order valence-corrected chi connectivity index (χ4v) is 5.44. The van der Waals surface area contributed by atoms with Gasteiger partial charge in [-0.1, -0.05) is 42.5 Å². The highest BCUT2D eigenvalue weighted by Crippen LogP contribution is 2.24. The van der Waals surface area contributed by atoms with Crippen molar-refractivity contribution in [1.29, 1.82) is 0 Å². The largest absolute Gasteiger partial charge is 0.328 e. The molecule has 1 aliphatic rings. The van der Waals surface area contributed by atoms with E-state index >= 15 is 0 Å². The van der Waals surface area contributed by atoms with Gasteiger partial charge in [0.1, 0.15) is 12.4 Å². The Bertz CT molecular complexity index is 1240. The number of nitrogens with one attached hydrogen (secondary N) is 2. The summed E-state index contributed by atoms with van der Waals surface area (Å²) in [6.45, 7) is 5.28. The zero-order chi connectivity index (χ0) is 23.4. The number of rotatable bonds is 6. The smallest absolute Gasteiger partial charge is 0.262 e.